The van der Waals surface area contributed by atoms with Crippen LogP contribution in [0.25, 0.3) is 22.2 Å². The van der Waals surface area contributed by atoms with Crippen LogP contribution >= 0.6 is 27.5 Å². The highest BCUT2D eigenvalue weighted by Gasteiger charge is 2.59. The summed E-state index contributed by atoms with van der Waals surface area (Å²) in [5, 5.41) is 1.000. The third-order valence-corrected chi connectivity index (χ3v) is 10.8. The average Bonchev–Trinajstić information content (AvgIpc) is 3.76. The Morgan fingerprint density at radius 3 is 2.28 bits per heavy atom. The van der Waals surface area contributed by atoms with Crippen LogP contribution in [0, 0.1) is 30.6 Å². The summed E-state index contributed by atoms with van der Waals surface area (Å²) in [4.78, 5) is 60.1. The van der Waals surface area contributed by atoms with Crippen molar-refractivity contribution < 1.29 is 23.9 Å². The number of amides is 2. The molecule has 2 fully saturated rings. The number of benzene rings is 3. The smallest absolute Gasteiger partial charge is 0.339 e. The molecule has 9 heteroatoms. The Hall–Kier alpha value is -4.14. The molecule has 0 radical (unpaired) electrons. The van der Waals surface area contributed by atoms with Crippen molar-refractivity contribution in [3.05, 3.63) is 105 Å². The number of aromatic nitrogens is 1. The van der Waals surface area contributed by atoms with Gasteiger partial charge in [-0.25, -0.2) is 9.78 Å². The van der Waals surface area contributed by atoms with Crippen molar-refractivity contribution >= 4 is 67.7 Å². The molecule has 2 heterocycles. The number of carbonyl (C=O) groups is 4. The molecule has 5 atom stereocenters. The van der Waals surface area contributed by atoms with E-state index in [0.717, 1.165) is 6.42 Å². The van der Waals surface area contributed by atoms with E-state index >= 15 is 0 Å². The average molecular weight is 698 g/mol. The molecule has 0 spiro atoms. The number of halogens is 2. The van der Waals surface area contributed by atoms with Crippen molar-refractivity contribution in [1.82, 2.24) is 4.98 Å². The Bertz CT molecular complexity index is 1930. The molecular formula is C37H30BrClN2O5. The highest BCUT2D eigenvalue weighted by Crippen LogP contribution is 2.53. The predicted molar refractivity (Wildman–Crippen MR) is 180 cm³/mol. The predicted octanol–water partition coefficient (Wildman–Crippen LogP) is 8.15. The van der Waals surface area contributed by atoms with E-state index in [0.29, 0.717) is 61.3 Å². The van der Waals surface area contributed by atoms with E-state index in [1.54, 1.807) is 60.7 Å². The highest BCUT2D eigenvalue weighted by atomic mass is 79.9. The summed E-state index contributed by atoms with van der Waals surface area (Å²) in [6, 6.07) is 19.2. The topological polar surface area (TPSA) is 93.6 Å². The first kappa shape index (κ1) is 30.5. The number of esters is 1. The van der Waals surface area contributed by atoms with Gasteiger partial charge in [0, 0.05) is 21.0 Å². The van der Waals surface area contributed by atoms with Gasteiger partial charge in [-0.2, -0.15) is 0 Å². The van der Waals surface area contributed by atoms with Gasteiger partial charge < -0.3 is 4.74 Å². The lowest BCUT2D eigenvalue weighted by Gasteiger charge is -2.19. The summed E-state index contributed by atoms with van der Waals surface area (Å²) in [6.07, 6.45) is 5.09. The molecule has 1 aromatic heterocycles. The Morgan fingerprint density at radius 2 is 1.65 bits per heavy atom. The summed E-state index contributed by atoms with van der Waals surface area (Å²) in [5.74, 6) is -1.50. The van der Waals surface area contributed by atoms with Crippen LogP contribution in [0.15, 0.2) is 83.4 Å². The molecule has 2 amide bonds. The molecule has 232 valence electrons. The van der Waals surface area contributed by atoms with Crippen LogP contribution in [0.5, 0.6) is 0 Å². The normalized spacial score (nSPS) is 22.0. The zero-order valence-electron chi connectivity index (χ0n) is 25.2. The van der Waals surface area contributed by atoms with E-state index < -0.39 is 12.1 Å². The fraction of sp³-hybridized carbons (Fsp3) is 0.270. The second kappa shape index (κ2) is 11.9. The highest BCUT2D eigenvalue weighted by molar-refractivity contribution is 9.10. The quantitative estimate of drug-likeness (QED) is 0.0799. The van der Waals surface area contributed by atoms with Gasteiger partial charge in [0.1, 0.15) is 0 Å². The summed E-state index contributed by atoms with van der Waals surface area (Å²) in [5.41, 5.74) is 3.57. The van der Waals surface area contributed by atoms with Gasteiger partial charge in [-0.05, 0) is 77.4 Å². The lowest BCUT2D eigenvalue weighted by Crippen LogP contribution is -2.32. The third-order valence-electron chi connectivity index (χ3n) is 9.49. The van der Waals surface area contributed by atoms with Crippen molar-refractivity contribution in [2.45, 2.75) is 39.2 Å². The maximum atomic E-state index is 13.9. The number of nitrogens with zero attached hydrogens (tertiary/aromatic N) is 2. The summed E-state index contributed by atoms with van der Waals surface area (Å²) < 4.78 is 6.52. The van der Waals surface area contributed by atoms with Crippen LogP contribution in [0.4, 0.5) is 5.69 Å². The molecule has 7 rings (SSSR count). The van der Waals surface area contributed by atoms with Gasteiger partial charge in [-0.15, -0.1) is 0 Å². The number of hydrogen-bond acceptors (Lipinski definition) is 6. The second-order valence-electron chi connectivity index (χ2n) is 12.2. The fourth-order valence-corrected chi connectivity index (χ4v) is 7.87. The fourth-order valence-electron chi connectivity index (χ4n) is 7.20. The molecule has 1 aliphatic heterocycles. The van der Waals surface area contributed by atoms with Crippen molar-refractivity contribution in [1.29, 1.82) is 0 Å². The summed E-state index contributed by atoms with van der Waals surface area (Å²) in [6.45, 7) is 3.76. The van der Waals surface area contributed by atoms with Gasteiger partial charge in [0.15, 0.2) is 6.10 Å². The minimum absolute atomic E-state index is 0.130. The number of ether oxygens (including phenoxy) is 1. The van der Waals surface area contributed by atoms with Gasteiger partial charge in [0.25, 0.3) is 0 Å². The number of fused-ring (bicyclic) bond motifs is 6. The molecule has 1 saturated heterocycles. The molecule has 4 aromatic rings. The number of Topliss-reactive ketones (excluding diaryl/α,β-unsaturated/α-hetero) is 1. The van der Waals surface area contributed by atoms with Gasteiger partial charge in [0.2, 0.25) is 17.6 Å². The van der Waals surface area contributed by atoms with Crippen molar-refractivity contribution in [2.24, 2.45) is 23.7 Å². The van der Waals surface area contributed by atoms with Crippen LogP contribution in [-0.2, 0) is 14.3 Å². The Morgan fingerprint density at radius 1 is 1.00 bits per heavy atom. The number of allylic oxidation sites excluding steroid dienone is 2. The van der Waals surface area contributed by atoms with E-state index in [1.807, 2.05) is 19.9 Å². The zero-order valence-corrected chi connectivity index (χ0v) is 27.5. The van der Waals surface area contributed by atoms with Gasteiger partial charge >= 0.3 is 5.97 Å². The molecular weight excluding hydrogens is 668 g/mol. The molecule has 3 aliphatic rings. The zero-order chi connectivity index (χ0) is 32.3. The van der Waals surface area contributed by atoms with E-state index in [1.165, 1.54) is 4.90 Å². The van der Waals surface area contributed by atoms with Gasteiger partial charge in [-0.3, -0.25) is 19.3 Å². The first-order valence-electron chi connectivity index (χ1n) is 15.4. The number of hydrogen-bond donors (Lipinski definition) is 0. The maximum absolute atomic E-state index is 13.9. The largest absolute Gasteiger partial charge is 0.450 e. The first-order chi connectivity index (χ1) is 22.2. The minimum atomic E-state index is -0.955. The molecule has 0 N–H and O–H groups in total. The molecule has 2 aliphatic carbocycles. The Labute approximate surface area is 279 Å². The SMILES string of the molecule is CCCC(OC(=O)c1cc(-c2ccc(N3C(=O)C4C5C=CC(C5)C4C3=O)cc2)nc2c(C)c(Cl)c(Br)cc12)C(=O)c1ccccc1. The number of pyridine rings is 1. The van der Waals surface area contributed by atoms with Crippen LogP contribution in [0.3, 0.4) is 0 Å². The summed E-state index contributed by atoms with van der Waals surface area (Å²) in [7, 11) is 0. The second-order valence-corrected chi connectivity index (χ2v) is 13.5. The lowest BCUT2D eigenvalue weighted by atomic mass is 9.85. The molecule has 1 saturated carbocycles. The molecule has 46 heavy (non-hydrogen) atoms. The lowest BCUT2D eigenvalue weighted by molar-refractivity contribution is -0.123. The van der Waals surface area contributed by atoms with Gasteiger partial charge in [-0.1, -0.05) is 79.6 Å². The standard InChI is InChI=1S/C37H30BrClN2O5/c1-3-7-29(34(42)21-8-5-4-6-9-21)46-37(45)26-18-28(40-33-19(2)32(39)27(38)17-25(26)33)20-12-14-24(15-13-20)41-35(43)30-22-10-11-23(16-22)31(30)36(41)44/h4-6,8-15,17-18,22-23,29-31H,3,7,16H2,1-2H3. The maximum Gasteiger partial charge on any atom is 0.339 e. The molecule has 2 bridgehead atoms. The van der Waals surface area contributed by atoms with Crippen molar-refractivity contribution in [3.63, 3.8) is 0 Å². The van der Waals surface area contributed by atoms with Crippen LogP contribution < -0.4 is 4.90 Å². The van der Waals surface area contributed by atoms with Crippen molar-refractivity contribution in [2.75, 3.05) is 4.90 Å². The van der Waals surface area contributed by atoms with E-state index in [2.05, 4.69) is 28.1 Å². The molecule has 7 nitrogen and oxygen atoms in total. The monoisotopic (exact) mass is 696 g/mol. The van der Waals surface area contributed by atoms with Gasteiger partial charge in [0.05, 0.1) is 39.3 Å². The van der Waals surface area contributed by atoms with Crippen LogP contribution in [0.2, 0.25) is 5.02 Å². The Balaban J connectivity index is 1.24. The summed E-state index contributed by atoms with van der Waals surface area (Å²) >= 11 is 10.1. The number of rotatable bonds is 8. The molecule has 5 unspecified atom stereocenters. The number of imide groups is 1. The number of ketones is 1. The Kier molecular flexibility index (Phi) is 7.89. The van der Waals surface area contributed by atoms with E-state index in [9.17, 15) is 19.2 Å². The first-order valence-corrected chi connectivity index (χ1v) is 16.6. The van der Waals surface area contributed by atoms with Crippen LogP contribution in [0.1, 0.15) is 52.5 Å². The van der Waals surface area contributed by atoms with E-state index in [4.69, 9.17) is 21.3 Å². The van der Waals surface area contributed by atoms with Crippen molar-refractivity contribution in [3.8, 4) is 11.3 Å². The number of aryl methyl sites for hydroxylation is 1. The van der Waals surface area contributed by atoms with Crippen LogP contribution in [-0.4, -0.2) is 34.7 Å². The van der Waals surface area contributed by atoms with E-state index in [-0.39, 0.29) is 46.8 Å². The number of anilines is 1. The third kappa shape index (κ3) is 4.99. The minimum Gasteiger partial charge on any atom is -0.450 e. The number of carbonyl (C=O) groups excluding carboxylic acids is 4. The molecule has 3 aromatic carbocycles.